The van der Waals surface area contributed by atoms with E-state index in [1.54, 1.807) is 6.07 Å². The van der Waals surface area contributed by atoms with Crippen molar-refractivity contribution < 1.29 is 60.4 Å². The van der Waals surface area contributed by atoms with E-state index < -0.39 is 84.9 Å². The number of nitrogens with one attached hydrogen (secondary N) is 1. The molecule has 0 amide bonds. The second-order valence-electron chi connectivity index (χ2n) is 12.3. The first kappa shape index (κ1) is 35.0. The minimum atomic E-state index is -4.62. The molecule has 4 atom stereocenters. The zero-order chi connectivity index (χ0) is 34.4. The van der Waals surface area contributed by atoms with Gasteiger partial charge in [0.15, 0.2) is 26.7 Å². The number of aliphatic hydroxyl groups is 2. The predicted octanol–water partition coefficient (Wildman–Crippen LogP) is 2.51. The molecule has 2 aromatic rings. The molecule has 16 nitrogen and oxygen atoms in total. The van der Waals surface area contributed by atoms with Gasteiger partial charge in [-0.05, 0) is 44.6 Å². The number of nitrogens with zero attached hydrogens (tertiary/aromatic N) is 3. The van der Waals surface area contributed by atoms with Gasteiger partial charge in [-0.3, -0.25) is 23.2 Å². The van der Waals surface area contributed by atoms with E-state index in [-0.39, 0.29) is 47.1 Å². The number of esters is 2. The number of nitriles is 1. The Kier molecular flexibility index (Phi) is 10.0. The van der Waals surface area contributed by atoms with Crippen molar-refractivity contribution in [3.63, 3.8) is 0 Å². The van der Waals surface area contributed by atoms with Gasteiger partial charge in [0.1, 0.15) is 41.8 Å². The van der Waals surface area contributed by atoms with Crippen molar-refractivity contribution in [2.45, 2.75) is 75.3 Å². The highest BCUT2D eigenvalue weighted by atomic mass is 35.5. The smallest absolute Gasteiger partial charge is 0.351 e. The fraction of sp³-hybridized carbons (Fsp3) is 0.643. The van der Waals surface area contributed by atoms with Crippen molar-refractivity contribution >= 4 is 57.7 Å². The average molecular weight is 735 g/mol. The molecule has 0 spiro atoms. The minimum absolute atomic E-state index is 0.0274. The van der Waals surface area contributed by atoms with E-state index in [4.69, 9.17) is 34.9 Å². The molecule has 3 aliphatic carbocycles. The van der Waals surface area contributed by atoms with E-state index in [0.29, 0.717) is 36.8 Å². The Balaban J connectivity index is 1.16. The third-order valence-corrected chi connectivity index (χ3v) is 13.4. The van der Waals surface area contributed by atoms with Gasteiger partial charge in [-0.1, -0.05) is 11.6 Å². The van der Waals surface area contributed by atoms with Crippen LogP contribution in [0.3, 0.4) is 0 Å². The number of pyridine rings is 1. The monoisotopic (exact) mass is 734 g/mol. The summed E-state index contributed by atoms with van der Waals surface area (Å²) in [6.45, 7) is -1.75. The molecule has 20 heteroatoms. The number of sulfone groups is 1. The third kappa shape index (κ3) is 7.79. The summed E-state index contributed by atoms with van der Waals surface area (Å²) in [5.74, 6) is -2.80. The molecule has 0 bridgehead atoms. The highest BCUT2D eigenvalue weighted by Crippen LogP contribution is 2.50. The Morgan fingerprint density at radius 1 is 1.12 bits per heavy atom. The first-order valence-electron chi connectivity index (χ1n) is 15.2. The molecule has 0 radical (unpaired) electrons. The van der Waals surface area contributed by atoms with Crippen LogP contribution in [0, 0.1) is 23.2 Å². The Hall–Kier alpha value is -2.88. The quantitative estimate of drug-likeness (QED) is 0.103. The number of ether oxygens (including phenoxy) is 3. The summed E-state index contributed by atoms with van der Waals surface area (Å²) in [4.78, 5) is 28.0. The van der Waals surface area contributed by atoms with Crippen molar-refractivity contribution in [2.24, 2.45) is 11.8 Å². The molecule has 1 saturated heterocycles. The maximum atomic E-state index is 13.5. The second kappa shape index (κ2) is 13.8. The predicted molar refractivity (Wildman–Crippen MR) is 163 cm³/mol. The zero-order valence-corrected chi connectivity index (χ0v) is 27.7. The molecule has 3 heterocycles. The van der Waals surface area contributed by atoms with E-state index >= 15 is 0 Å². The van der Waals surface area contributed by atoms with Crippen molar-refractivity contribution in [1.82, 2.24) is 9.55 Å². The van der Waals surface area contributed by atoms with Crippen molar-refractivity contribution in [3.05, 3.63) is 23.0 Å². The number of hydrogen-bond acceptors (Lipinski definition) is 15. The number of anilines is 1. The summed E-state index contributed by atoms with van der Waals surface area (Å²) >= 11 is 6.31. The Morgan fingerprint density at radius 2 is 1.73 bits per heavy atom. The van der Waals surface area contributed by atoms with Crippen molar-refractivity contribution in [1.29, 1.82) is 5.26 Å². The van der Waals surface area contributed by atoms with Crippen LogP contribution in [0.1, 0.15) is 50.3 Å². The number of fused-ring (bicyclic) bond motifs is 1. The lowest BCUT2D eigenvalue weighted by Gasteiger charge is -2.31. The van der Waals surface area contributed by atoms with Gasteiger partial charge in [-0.25, -0.2) is 17.8 Å². The maximum Gasteiger partial charge on any atom is 0.351 e. The van der Waals surface area contributed by atoms with Gasteiger partial charge in [0.25, 0.3) is 0 Å². The number of aromatic nitrogens is 2. The molecule has 3 saturated carbocycles. The van der Waals surface area contributed by atoms with Gasteiger partial charge in [-0.2, -0.15) is 5.26 Å². The number of carbonyl (C=O) groups is 2. The van der Waals surface area contributed by atoms with Crippen LogP contribution in [-0.2, 0) is 47.2 Å². The van der Waals surface area contributed by atoms with Crippen molar-refractivity contribution in [2.75, 3.05) is 30.1 Å². The van der Waals surface area contributed by atoms with Crippen LogP contribution in [-0.4, -0.2) is 95.5 Å². The molecule has 6 rings (SSSR count). The maximum absolute atomic E-state index is 13.5. The summed E-state index contributed by atoms with van der Waals surface area (Å²) in [5.41, 5.74) is -0.798. The molecule has 3 N–H and O–H groups in total. The standard InChI is InChI=1S/C28H33ClFN4O12PS/c29-24-19(9-31)21(32-17-7-16(30)8-17)18-5-6-34(25(18)33-24)26-23(36)22(35)20(46-26)10-48(40,41)13-47(39,44-11-42-27(37)14-1-2-14)45-12-43-28(38)15-3-4-15/h5-6,14-17,20,22-23,26,35-36H,1-4,7-8,10-13H2,(H,32,33)/t16-,17+,20-,22-,23-,26-/m1/s1. The van der Waals surface area contributed by atoms with Gasteiger partial charge in [0, 0.05) is 17.6 Å². The van der Waals surface area contributed by atoms with Crippen LogP contribution in [0.2, 0.25) is 5.15 Å². The van der Waals surface area contributed by atoms with Crippen molar-refractivity contribution in [3.8, 4) is 6.07 Å². The summed E-state index contributed by atoms with van der Waals surface area (Å²) < 4.78 is 80.6. The highest BCUT2D eigenvalue weighted by molar-refractivity contribution is 7.97. The normalized spacial score (nSPS) is 27.3. The topological polar surface area (TPSA) is 226 Å². The number of alkyl halides is 1. The first-order chi connectivity index (χ1) is 22.8. The number of halogens is 2. The van der Waals surface area contributed by atoms with E-state index in [9.17, 15) is 42.4 Å². The molecule has 262 valence electrons. The zero-order valence-electron chi connectivity index (χ0n) is 25.3. The van der Waals surface area contributed by atoms with Gasteiger partial charge in [-0.15, -0.1) is 0 Å². The van der Waals surface area contributed by atoms with Crippen LogP contribution >= 0.6 is 19.2 Å². The summed E-state index contributed by atoms with van der Waals surface area (Å²) in [6, 6.07) is 3.28. The SMILES string of the molecule is N#Cc1c(Cl)nc2c(ccn2[C@@H]2O[C@H](CS(=O)(=O)CP(=O)(OCOC(=O)C3CC3)OCOC(=O)C3CC3)[C@@H](O)[C@H]2O)c1N[C@H]1C[C@@H](F)C1. The van der Waals surface area contributed by atoms with E-state index in [1.165, 1.54) is 10.8 Å². The van der Waals surface area contributed by atoms with Gasteiger partial charge < -0.3 is 34.3 Å². The van der Waals surface area contributed by atoms with Gasteiger partial charge in [0.2, 0.25) is 13.6 Å². The molecule has 4 fully saturated rings. The summed E-state index contributed by atoms with van der Waals surface area (Å²) in [6.07, 6.45) is -2.89. The lowest BCUT2D eigenvalue weighted by molar-refractivity contribution is -0.153. The van der Waals surface area contributed by atoms with Crippen LogP contribution < -0.4 is 5.32 Å². The minimum Gasteiger partial charge on any atom is -0.438 e. The molecular weight excluding hydrogens is 702 g/mol. The van der Waals surface area contributed by atoms with E-state index in [1.807, 2.05) is 6.07 Å². The largest absolute Gasteiger partial charge is 0.438 e. The number of carbonyl (C=O) groups excluding carboxylic acids is 2. The summed E-state index contributed by atoms with van der Waals surface area (Å²) in [5, 5.41) is 34.8. The molecule has 48 heavy (non-hydrogen) atoms. The van der Waals surface area contributed by atoms with Gasteiger partial charge in [0.05, 0.1) is 23.3 Å². The lowest BCUT2D eigenvalue weighted by Crippen LogP contribution is -2.36. The van der Waals surface area contributed by atoms with E-state index in [0.717, 1.165) is 0 Å². The lowest BCUT2D eigenvalue weighted by atomic mass is 9.90. The molecule has 1 aliphatic heterocycles. The fourth-order valence-corrected chi connectivity index (χ4v) is 9.86. The van der Waals surface area contributed by atoms with Gasteiger partial charge >= 0.3 is 19.5 Å². The van der Waals surface area contributed by atoms with E-state index in [2.05, 4.69) is 10.3 Å². The van der Waals surface area contributed by atoms with Crippen LogP contribution in [0.25, 0.3) is 11.0 Å². The first-order valence-corrected chi connectivity index (χ1v) is 19.1. The Morgan fingerprint density at radius 3 is 2.27 bits per heavy atom. The Labute approximate surface area is 278 Å². The molecule has 2 aromatic heterocycles. The molecule has 0 unspecified atom stereocenters. The van der Waals surface area contributed by atoms with Crippen LogP contribution in [0.4, 0.5) is 10.1 Å². The number of rotatable bonds is 15. The second-order valence-corrected chi connectivity index (χ2v) is 17.2. The Bertz CT molecular complexity index is 1740. The molecular formula is C28H33ClFN4O12PS. The van der Waals surface area contributed by atoms with Crippen LogP contribution in [0.15, 0.2) is 12.3 Å². The fourth-order valence-electron chi connectivity index (χ4n) is 5.42. The average Bonchev–Trinajstić information content (AvgIpc) is 3.94. The number of aliphatic hydroxyl groups excluding tert-OH is 2. The number of hydrogen-bond donors (Lipinski definition) is 3. The summed E-state index contributed by atoms with van der Waals surface area (Å²) in [7, 11) is -9.09. The van der Waals surface area contributed by atoms with Crippen LogP contribution in [0.5, 0.6) is 0 Å². The molecule has 0 aromatic carbocycles. The highest BCUT2D eigenvalue weighted by Gasteiger charge is 2.47. The molecule has 4 aliphatic rings. The third-order valence-electron chi connectivity index (χ3n) is 8.46.